The fourth-order valence-corrected chi connectivity index (χ4v) is 2.34. The van der Waals surface area contributed by atoms with Gasteiger partial charge in [0.1, 0.15) is 6.20 Å². The number of nitro groups is 1. The van der Waals surface area contributed by atoms with E-state index in [1.54, 1.807) is 7.05 Å². The van der Waals surface area contributed by atoms with E-state index in [4.69, 9.17) is 0 Å². The number of aryl methyl sites for hydroxylation is 1. The van der Waals surface area contributed by atoms with Crippen LogP contribution < -0.4 is 5.32 Å². The molecule has 1 fully saturated rings. The molecule has 1 aromatic heterocycles. The summed E-state index contributed by atoms with van der Waals surface area (Å²) in [5, 5.41) is 18.1. The summed E-state index contributed by atoms with van der Waals surface area (Å²) in [6.07, 6.45) is 3.91. The van der Waals surface area contributed by atoms with Crippen molar-refractivity contribution in [2.24, 2.45) is 7.05 Å². The van der Waals surface area contributed by atoms with Gasteiger partial charge in [0.05, 0.1) is 4.92 Å². The zero-order chi connectivity index (χ0) is 13.1. The third-order valence-corrected chi connectivity index (χ3v) is 3.12. The second-order valence-corrected chi connectivity index (χ2v) is 4.85. The van der Waals surface area contributed by atoms with Crippen molar-refractivity contribution in [2.75, 3.05) is 25.0 Å². The predicted octanol–water partition coefficient (Wildman–Crippen LogP) is 1.22. The van der Waals surface area contributed by atoms with Crippen LogP contribution in [0.3, 0.4) is 0 Å². The summed E-state index contributed by atoms with van der Waals surface area (Å²) in [7, 11) is 1.68. The molecule has 0 aromatic carbocycles. The highest BCUT2D eigenvalue weighted by Gasteiger charge is 2.21. The Kier molecular flexibility index (Phi) is 3.81. The Bertz CT molecular complexity index is 425. The lowest BCUT2D eigenvalue weighted by atomic mass is 10.3. The molecule has 1 aromatic rings. The van der Waals surface area contributed by atoms with Gasteiger partial charge in [0.25, 0.3) is 0 Å². The highest BCUT2D eigenvalue weighted by atomic mass is 16.6. The molecule has 0 spiro atoms. The van der Waals surface area contributed by atoms with E-state index in [0.717, 1.165) is 19.6 Å². The molecule has 0 saturated carbocycles. The average Bonchev–Trinajstić information content (AvgIpc) is 2.88. The maximum Gasteiger partial charge on any atom is 0.330 e. The van der Waals surface area contributed by atoms with Crippen molar-refractivity contribution in [3.63, 3.8) is 0 Å². The van der Waals surface area contributed by atoms with Gasteiger partial charge in [-0.05, 0) is 32.9 Å². The normalized spacial score (nSPS) is 17.9. The predicted molar refractivity (Wildman–Crippen MR) is 68.6 cm³/mol. The van der Waals surface area contributed by atoms with Crippen LogP contribution in [0.1, 0.15) is 19.8 Å². The summed E-state index contributed by atoms with van der Waals surface area (Å²) in [4.78, 5) is 12.8. The van der Waals surface area contributed by atoms with Crippen LogP contribution in [0.15, 0.2) is 6.20 Å². The van der Waals surface area contributed by atoms with Gasteiger partial charge < -0.3 is 10.2 Å². The van der Waals surface area contributed by atoms with Crippen molar-refractivity contribution < 1.29 is 4.92 Å². The fraction of sp³-hybridized carbons (Fsp3) is 0.727. The molecule has 1 N–H and O–H groups in total. The summed E-state index contributed by atoms with van der Waals surface area (Å²) in [5.74, 6) is 0.356. The smallest absolute Gasteiger partial charge is 0.330 e. The van der Waals surface area contributed by atoms with Crippen LogP contribution >= 0.6 is 0 Å². The number of likely N-dealkylation sites (tertiary alicyclic amines) is 1. The van der Waals surface area contributed by atoms with Gasteiger partial charge in [-0.1, -0.05) is 0 Å². The number of nitrogens with zero attached hydrogens (tertiary/aromatic N) is 4. The standard InChI is InChI=1S/C11H19N5O2/c1-9(7-15-5-3-4-6-15)12-11-10(16(17)18)8-14(2)13-11/h8-9H,3-7H2,1-2H3,(H,12,13). The van der Waals surface area contributed by atoms with E-state index in [0.29, 0.717) is 5.82 Å². The number of rotatable bonds is 5. The van der Waals surface area contributed by atoms with Crippen molar-refractivity contribution in [3.05, 3.63) is 16.3 Å². The Labute approximate surface area is 106 Å². The quantitative estimate of drug-likeness (QED) is 0.630. The number of nitrogens with one attached hydrogen (secondary N) is 1. The summed E-state index contributed by atoms with van der Waals surface area (Å²) >= 11 is 0. The zero-order valence-electron chi connectivity index (χ0n) is 10.8. The van der Waals surface area contributed by atoms with Crippen LogP contribution in [0.5, 0.6) is 0 Å². The first-order valence-corrected chi connectivity index (χ1v) is 6.23. The third-order valence-electron chi connectivity index (χ3n) is 3.12. The van der Waals surface area contributed by atoms with Crippen LogP contribution in [0.2, 0.25) is 0 Å². The Balaban J connectivity index is 1.97. The van der Waals surface area contributed by atoms with Gasteiger partial charge in [0, 0.05) is 19.6 Å². The van der Waals surface area contributed by atoms with Crippen molar-refractivity contribution >= 4 is 11.5 Å². The molecule has 7 heteroatoms. The van der Waals surface area contributed by atoms with Crippen molar-refractivity contribution in [1.82, 2.24) is 14.7 Å². The van der Waals surface area contributed by atoms with Crippen LogP contribution in [0.4, 0.5) is 11.5 Å². The Morgan fingerprint density at radius 1 is 1.56 bits per heavy atom. The van der Waals surface area contributed by atoms with Gasteiger partial charge in [-0.25, -0.2) is 0 Å². The first kappa shape index (κ1) is 12.8. The Morgan fingerprint density at radius 2 is 2.22 bits per heavy atom. The van der Waals surface area contributed by atoms with Crippen LogP contribution in [0, 0.1) is 10.1 Å². The summed E-state index contributed by atoms with van der Waals surface area (Å²) < 4.78 is 1.46. The van der Waals surface area contributed by atoms with Crippen LogP contribution in [-0.4, -0.2) is 45.3 Å². The third kappa shape index (κ3) is 2.98. The lowest BCUT2D eigenvalue weighted by molar-refractivity contribution is -0.384. The first-order valence-electron chi connectivity index (χ1n) is 6.23. The Hall–Kier alpha value is -1.63. The minimum absolute atomic E-state index is 0.0331. The van der Waals surface area contributed by atoms with Crippen LogP contribution in [0.25, 0.3) is 0 Å². The molecule has 1 saturated heterocycles. The van der Waals surface area contributed by atoms with Gasteiger partial charge >= 0.3 is 5.69 Å². The SMILES string of the molecule is CC(CN1CCCC1)Nc1nn(C)cc1[N+](=O)[O-]. The van der Waals surface area contributed by atoms with Crippen molar-refractivity contribution in [3.8, 4) is 0 Å². The minimum atomic E-state index is -0.405. The molecule has 0 radical (unpaired) electrons. The maximum absolute atomic E-state index is 10.9. The molecule has 2 heterocycles. The average molecular weight is 253 g/mol. The monoisotopic (exact) mass is 253 g/mol. The summed E-state index contributed by atoms with van der Waals surface area (Å²) in [5.41, 5.74) is 0.0331. The molecule has 100 valence electrons. The number of hydrogen-bond donors (Lipinski definition) is 1. The molecule has 1 aliphatic heterocycles. The van der Waals surface area contributed by atoms with Gasteiger partial charge in [-0.3, -0.25) is 14.8 Å². The van der Waals surface area contributed by atoms with E-state index in [1.165, 1.54) is 23.7 Å². The Morgan fingerprint density at radius 3 is 2.83 bits per heavy atom. The molecule has 0 aliphatic carbocycles. The molecule has 1 unspecified atom stereocenters. The van der Waals surface area contributed by atoms with Crippen molar-refractivity contribution in [1.29, 1.82) is 0 Å². The second-order valence-electron chi connectivity index (χ2n) is 4.85. The molecular formula is C11H19N5O2. The molecule has 1 atom stereocenters. The molecule has 1 aliphatic rings. The van der Waals surface area contributed by atoms with E-state index in [9.17, 15) is 10.1 Å². The molecule has 7 nitrogen and oxygen atoms in total. The maximum atomic E-state index is 10.9. The summed E-state index contributed by atoms with van der Waals surface area (Å²) in [6.45, 7) is 5.16. The van der Waals surface area contributed by atoms with Gasteiger partial charge in [0.2, 0.25) is 5.82 Å². The van der Waals surface area contributed by atoms with E-state index in [-0.39, 0.29) is 11.7 Å². The molecule has 0 amide bonds. The van der Waals surface area contributed by atoms with Gasteiger partial charge in [-0.2, -0.15) is 0 Å². The lowest BCUT2D eigenvalue weighted by Gasteiger charge is -2.20. The highest BCUT2D eigenvalue weighted by Crippen LogP contribution is 2.22. The number of hydrogen-bond acceptors (Lipinski definition) is 5. The van der Waals surface area contributed by atoms with Crippen molar-refractivity contribution in [2.45, 2.75) is 25.8 Å². The zero-order valence-corrected chi connectivity index (χ0v) is 10.8. The molecule has 18 heavy (non-hydrogen) atoms. The van der Waals surface area contributed by atoms with E-state index in [2.05, 4.69) is 15.3 Å². The fourth-order valence-electron chi connectivity index (χ4n) is 2.34. The number of aromatic nitrogens is 2. The minimum Gasteiger partial charge on any atom is -0.359 e. The van der Waals surface area contributed by atoms with E-state index < -0.39 is 4.92 Å². The van der Waals surface area contributed by atoms with E-state index in [1.807, 2.05) is 6.92 Å². The molecule has 0 bridgehead atoms. The number of anilines is 1. The summed E-state index contributed by atoms with van der Waals surface area (Å²) in [6, 6.07) is 0.150. The lowest BCUT2D eigenvalue weighted by Crippen LogP contribution is -2.33. The first-order chi connectivity index (χ1) is 8.56. The van der Waals surface area contributed by atoms with Crippen LogP contribution in [-0.2, 0) is 7.05 Å². The molecule has 2 rings (SSSR count). The largest absolute Gasteiger partial charge is 0.359 e. The topological polar surface area (TPSA) is 76.2 Å². The molecular weight excluding hydrogens is 234 g/mol. The van der Waals surface area contributed by atoms with E-state index >= 15 is 0 Å². The second kappa shape index (κ2) is 5.34. The van der Waals surface area contributed by atoms with Gasteiger partial charge in [0.15, 0.2) is 0 Å². The highest BCUT2D eigenvalue weighted by molar-refractivity contribution is 5.54. The van der Waals surface area contributed by atoms with Gasteiger partial charge in [-0.15, -0.1) is 5.10 Å².